The summed E-state index contributed by atoms with van der Waals surface area (Å²) in [7, 11) is 0. The number of hydrogen-bond acceptors (Lipinski definition) is 4. The summed E-state index contributed by atoms with van der Waals surface area (Å²) in [5, 5.41) is 5.73. The second kappa shape index (κ2) is 6.70. The molecule has 1 aliphatic rings. The molecule has 0 saturated carbocycles. The lowest BCUT2D eigenvalue weighted by atomic mass is 9.97. The number of hydrogen-bond donors (Lipinski definition) is 0. The highest BCUT2D eigenvalue weighted by atomic mass is 19.1. The van der Waals surface area contributed by atoms with Gasteiger partial charge in [0.05, 0.1) is 5.52 Å². The Hall–Kier alpha value is -2.86. The fourth-order valence-electron chi connectivity index (χ4n) is 3.93. The zero-order valence-corrected chi connectivity index (χ0v) is 14.9. The van der Waals surface area contributed by atoms with Crippen molar-refractivity contribution in [1.82, 2.24) is 24.5 Å². The summed E-state index contributed by atoms with van der Waals surface area (Å²) in [5.74, 6) is 1.000. The molecule has 1 fully saturated rings. The molecule has 0 bridgehead atoms. The zero-order valence-electron chi connectivity index (χ0n) is 14.9. The van der Waals surface area contributed by atoms with Gasteiger partial charge < -0.3 is 0 Å². The maximum Gasteiger partial charge on any atom is 0.166 e. The lowest BCUT2D eigenvalue weighted by Gasteiger charge is -2.31. The van der Waals surface area contributed by atoms with Crippen molar-refractivity contribution in [3.63, 3.8) is 0 Å². The van der Waals surface area contributed by atoms with Crippen molar-refractivity contribution in [3.05, 3.63) is 72.1 Å². The standard InChI is InChI=1S/C21H20FN5/c22-17-9-7-15(8-10-17)12-26-11-3-4-16(13-26)20-24-21-18-5-1-2-6-19(18)23-14-27(21)25-20/h1-2,5-10,14,16H,3-4,11-13H2/t16-/m0/s1. The summed E-state index contributed by atoms with van der Waals surface area (Å²) in [6.07, 6.45) is 3.94. The van der Waals surface area contributed by atoms with E-state index < -0.39 is 0 Å². The van der Waals surface area contributed by atoms with E-state index in [1.807, 2.05) is 36.4 Å². The Labute approximate surface area is 156 Å². The Kier molecular flexibility index (Phi) is 4.05. The molecule has 3 heterocycles. The third-order valence-corrected chi connectivity index (χ3v) is 5.29. The largest absolute Gasteiger partial charge is 0.298 e. The summed E-state index contributed by atoms with van der Waals surface area (Å²) < 4.78 is 14.9. The van der Waals surface area contributed by atoms with Crippen molar-refractivity contribution < 1.29 is 4.39 Å². The SMILES string of the molecule is Fc1ccc(CN2CCC[C@H](c3nc4c5ccccc5ncn4n3)C2)cc1. The third kappa shape index (κ3) is 3.17. The van der Waals surface area contributed by atoms with Gasteiger partial charge in [-0.15, -0.1) is 5.10 Å². The van der Waals surface area contributed by atoms with Crippen LogP contribution in [0.1, 0.15) is 30.1 Å². The number of benzene rings is 2. The van der Waals surface area contributed by atoms with Gasteiger partial charge in [-0.3, -0.25) is 4.90 Å². The highest BCUT2D eigenvalue weighted by Crippen LogP contribution is 2.27. The van der Waals surface area contributed by atoms with Crippen LogP contribution in [-0.4, -0.2) is 37.6 Å². The number of likely N-dealkylation sites (tertiary alicyclic amines) is 1. The molecule has 0 radical (unpaired) electrons. The minimum absolute atomic E-state index is 0.190. The molecule has 0 unspecified atom stereocenters. The first-order valence-electron chi connectivity index (χ1n) is 9.33. The lowest BCUT2D eigenvalue weighted by molar-refractivity contribution is 0.196. The van der Waals surface area contributed by atoms with Crippen molar-refractivity contribution >= 4 is 16.6 Å². The molecule has 27 heavy (non-hydrogen) atoms. The van der Waals surface area contributed by atoms with E-state index in [1.165, 1.54) is 12.1 Å². The maximum absolute atomic E-state index is 13.1. The van der Waals surface area contributed by atoms with Crippen molar-refractivity contribution in [2.75, 3.05) is 13.1 Å². The van der Waals surface area contributed by atoms with Crippen LogP contribution in [0.3, 0.4) is 0 Å². The highest BCUT2D eigenvalue weighted by molar-refractivity contribution is 5.90. The number of piperidine rings is 1. The Balaban J connectivity index is 1.40. The Morgan fingerprint density at radius 1 is 1.07 bits per heavy atom. The molecule has 136 valence electrons. The van der Waals surface area contributed by atoms with Crippen LogP contribution in [-0.2, 0) is 6.54 Å². The maximum atomic E-state index is 13.1. The quantitative estimate of drug-likeness (QED) is 0.557. The molecule has 1 saturated heterocycles. The molecule has 0 amide bonds. The van der Waals surface area contributed by atoms with E-state index in [0.29, 0.717) is 5.92 Å². The van der Waals surface area contributed by atoms with Crippen molar-refractivity contribution in [2.24, 2.45) is 0 Å². The molecule has 5 rings (SSSR count). The molecule has 2 aromatic carbocycles. The molecule has 2 aromatic heterocycles. The van der Waals surface area contributed by atoms with Gasteiger partial charge in [-0.25, -0.2) is 18.9 Å². The zero-order chi connectivity index (χ0) is 18.2. The Morgan fingerprint density at radius 2 is 1.93 bits per heavy atom. The average molecular weight is 361 g/mol. The second-order valence-electron chi connectivity index (χ2n) is 7.20. The second-order valence-corrected chi connectivity index (χ2v) is 7.20. The molecule has 0 aliphatic carbocycles. The van der Waals surface area contributed by atoms with E-state index in [2.05, 4.69) is 9.88 Å². The average Bonchev–Trinajstić information content (AvgIpc) is 3.15. The van der Waals surface area contributed by atoms with Gasteiger partial charge in [-0.1, -0.05) is 24.3 Å². The molecule has 6 heteroatoms. The first kappa shape index (κ1) is 16.3. The summed E-state index contributed by atoms with van der Waals surface area (Å²) in [5.41, 5.74) is 2.94. The molecule has 1 aliphatic heterocycles. The van der Waals surface area contributed by atoms with Crippen LogP contribution in [0, 0.1) is 5.82 Å². The van der Waals surface area contributed by atoms with E-state index >= 15 is 0 Å². The summed E-state index contributed by atoms with van der Waals surface area (Å²) in [4.78, 5) is 11.7. The van der Waals surface area contributed by atoms with E-state index in [0.717, 1.165) is 60.4 Å². The number of fused-ring (bicyclic) bond motifs is 3. The first-order chi connectivity index (χ1) is 13.3. The lowest BCUT2D eigenvalue weighted by Crippen LogP contribution is -2.34. The van der Waals surface area contributed by atoms with Gasteiger partial charge in [0.25, 0.3) is 0 Å². The van der Waals surface area contributed by atoms with Gasteiger partial charge in [-0.2, -0.15) is 0 Å². The van der Waals surface area contributed by atoms with E-state index in [9.17, 15) is 4.39 Å². The Bertz CT molecular complexity index is 1090. The predicted octanol–water partition coefficient (Wildman–Crippen LogP) is 3.80. The van der Waals surface area contributed by atoms with Gasteiger partial charge in [0.1, 0.15) is 12.1 Å². The highest BCUT2D eigenvalue weighted by Gasteiger charge is 2.25. The van der Waals surface area contributed by atoms with Crippen molar-refractivity contribution in [3.8, 4) is 0 Å². The van der Waals surface area contributed by atoms with Gasteiger partial charge in [0.2, 0.25) is 0 Å². The first-order valence-corrected chi connectivity index (χ1v) is 9.33. The fraction of sp³-hybridized carbons (Fsp3) is 0.286. The molecule has 4 aromatic rings. The third-order valence-electron chi connectivity index (χ3n) is 5.29. The van der Waals surface area contributed by atoms with Crippen molar-refractivity contribution in [1.29, 1.82) is 0 Å². The number of aromatic nitrogens is 4. The van der Waals surface area contributed by atoms with E-state index in [-0.39, 0.29) is 5.82 Å². The fourth-order valence-corrected chi connectivity index (χ4v) is 3.93. The van der Waals surface area contributed by atoms with Crippen LogP contribution < -0.4 is 0 Å². The van der Waals surface area contributed by atoms with Gasteiger partial charge in [0, 0.05) is 24.4 Å². The van der Waals surface area contributed by atoms with Crippen LogP contribution in [0.4, 0.5) is 4.39 Å². The number of para-hydroxylation sites is 1. The van der Waals surface area contributed by atoms with Crippen LogP contribution in [0.15, 0.2) is 54.9 Å². The summed E-state index contributed by atoms with van der Waals surface area (Å²) in [6, 6.07) is 14.8. The monoisotopic (exact) mass is 361 g/mol. The van der Waals surface area contributed by atoms with E-state index in [1.54, 1.807) is 10.8 Å². The normalized spacial score (nSPS) is 18.3. The van der Waals surface area contributed by atoms with E-state index in [4.69, 9.17) is 10.1 Å². The molecule has 1 atom stereocenters. The predicted molar refractivity (Wildman–Crippen MR) is 102 cm³/mol. The summed E-state index contributed by atoms with van der Waals surface area (Å²) >= 11 is 0. The van der Waals surface area contributed by atoms with Crippen molar-refractivity contribution in [2.45, 2.75) is 25.3 Å². The number of rotatable bonds is 3. The number of nitrogens with zero attached hydrogens (tertiary/aromatic N) is 5. The minimum Gasteiger partial charge on any atom is -0.298 e. The molecular weight excluding hydrogens is 341 g/mol. The smallest absolute Gasteiger partial charge is 0.166 e. The molecule has 0 N–H and O–H groups in total. The molecule has 0 spiro atoms. The number of halogens is 1. The molecule has 5 nitrogen and oxygen atoms in total. The Morgan fingerprint density at radius 3 is 2.81 bits per heavy atom. The van der Waals surface area contributed by atoms with Crippen LogP contribution >= 0.6 is 0 Å². The van der Waals surface area contributed by atoms with Gasteiger partial charge in [0.15, 0.2) is 11.5 Å². The summed E-state index contributed by atoms with van der Waals surface area (Å²) in [6.45, 7) is 2.79. The topological polar surface area (TPSA) is 46.3 Å². The molecular formula is C21H20FN5. The van der Waals surface area contributed by atoms with Crippen LogP contribution in [0.25, 0.3) is 16.6 Å². The van der Waals surface area contributed by atoms with Crippen LogP contribution in [0.5, 0.6) is 0 Å². The van der Waals surface area contributed by atoms with Gasteiger partial charge >= 0.3 is 0 Å². The minimum atomic E-state index is -0.190. The van der Waals surface area contributed by atoms with Gasteiger partial charge in [-0.05, 0) is 49.2 Å². The van der Waals surface area contributed by atoms with Crippen LogP contribution in [0.2, 0.25) is 0 Å².